The molecule has 193 valence electrons. The molecule has 3 aromatic rings. The van der Waals surface area contributed by atoms with Gasteiger partial charge in [-0.1, -0.05) is 60.7 Å². The number of nitrogens with one attached hydrogen (secondary N) is 1. The van der Waals surface area contributed by atoms with E-state index in [1.165, 1.54) is 24.3 Å². The van der Waals surface area contributed by atoms with Crippen molar-refractivity contribution in [3.8, 4) is 0 Å². The Morgan fingerprint density at radius 2 is 1.54 bits per heavy atom. The first-order chi connectivity index (χ1) is 17.8. The highest BCUT2D eigenvalue weighted by atomic mass is 32.2. The molecule has 9 heteroatoms. The molecular formula is C28H31N4O4S. The molecule has 0 fully saturated rings. The maximum atomic E-state index is 13.3. The lowest BCUT2D eigenvalue weighted by Crippen LogP contribution is -2.36. The first-order valence-corrected chi connectivity index (χ1v) is 13.5. The van der Waals surface area contributed by atoms with Crippen molar-refractivity contribution in [2.75, 3.05) is 20.2 Å². The number of ether oxygens (including phenoxy) is 1. The lowest BCUT2D eigenvalue weighted by molar-refractivity contribution is 0.0494. The van der Waals surface area contributed by atoms with E-state index in [-0.39, 0.29) is 17.1 Å². The van der Waals surface area contributed by atoms with Gasteiger partial charge in [-0.15, -0.1) is 0 Å². The fourth-order valence-electron chi connectivity index (χ4n) is 4.01. The number of benzene rings is 3. The van der Waals surface area contributed by atoms with Crippen LogP contribution in [-0.4, -0.2) is 44.4 Å². The molecule has 1 radical (unpaired) electrons. The van der Waals surface area contributed by atoms with Crippen molar-refractivity contribution in [1.29, 1.82) is 0 Å². The van der Waals surface area contributed by atoms with Crippen LogP contribution in [0.1, 0.15) is 40.0 Å². The summed E-state index contributed by atoms with van der Waals surface area (Å²) < 4.78 is 34.7. The second-order valence-electron chi connectivity index (χ2n) is 8.78. The minimum Gasteiger partial charge on any atom is -0.462 e. The largest absolute Gasteiger partial charge is 0.462 e. The number of hydrogen-bond acceptors (Lipinski definition) is 7. The molecule has 0 aliphatic carbocycles. The van der Waals surface area contributed by atoms with Gasteiger partial charge >= 0.3 is 5.97 Å². The van der Waals surface area contributed by atoms with Crippen LogP contribution in [0.25, 0.3) is 0 Å². The molecule has 0 aromatic heterocycles. The van der Waals surface area contributed by atoms with E-state index in [2.05, 4.69) is 4.72 Å². The zero-order valence-corrected chi connectivity index (χ0v) is 21.4. The quantitative estimate of drug-likeness (QED) is 0.293. The van der Waals surface area contributed by atoms with Gasteiger partial charge in [0, 0.05) is 26.0 Å². The van der Waals surface area contributed by atoms with Crippen LogP contribution in [0.4, 0.5) is 0 Å². The van der Waals surface area contributed by atoms with Crippen molar-refractivity contribution in [3.63, 3.8) is 0 Å². The Bertz CT molecular complexity index is 1300. The van der Waals surface area contributed by atoms with E-state index >= 15 is 0 Å². The fraction of sp³-hybridized carbons (Fsp3) is 0.214. The predicted molar refractivity (Wildman–Crippen MR) is 142 cm³/mol. The molecule has 8 nitrogen and oxygen atoms in total. The summed E-state index contributed by atoms with van der Waals surface area (Å²) in [5.41, 5.74) is 8.36. The molecule has 1 heterocycles. The van der Waals surface area contributed by atoms with Crippen LogP contribution in [0.5, 0.6) is 0 Å². The Kier molecular flexibility index (Phi) is 8.60. The maximum Gasteiger partial charge on any atom is 0.338 e. The van der Waals surface area contributed by atoms with Gasteiger partial charge in [0.2, 0.25) is 10.0 Å². The van der Waals surface area contributed by atoms with Crippen LogP contribution in [0.3, 0.4) is 0 Å². The molecule has 3 aromatic carbocycles. The summed E-state index contributed by atoms with van der Waals surface area (Å²) in [6.45, 7) is 2.94. The third kappa shape index (κ3) is 6.97. The van der Waals surface area contributed by atoms with E-state index in [0.29, 0.717) is 6.42 Å². The number of sulfonamides is 1. The van der Waals surface area contributed by atoms with Crippen molar-refractivity contribution in [3.05, 3.63) is 121 Å². The van der Waals surface area contributed by atoms with Crippen molar-refractivity contribution in [2.24, 2.45) is 5.73 Å². The topological polar surface area (TPSA) is 105 Å². The Morgan fingerprint density at radius 1 is 0.919 bits per heavy atom. The van der Waals surface area contributed by atoms with Gasteiger partial charge in [-0.3, -0.25) is 0 Å². The molecule has 2 atom stereocenters. The summed E-state index contributed by atoms with van der Waals surface area (Å²) in [7, 11) is -2.00. The summed E-state index contributed by atoms with van der Waals surface area (Å²) in [5, 5.41) is 0. The molecule has 0 saturated carbocycles. The van der Waals surface area contributed by atoms with Gasteiger partial charge in [0.05, 0.1) is 29.1 Å². The van der Waals surface area contributed by atoms with Gasteiger partial charge in [0.15, 0.2) is 0 Å². The lowest BCUT2D eigenvalue weighted by atomic mass is 9.95. The Hall–Kier alpha value is -3.66. The molecule has 0 bridgehead atoms. The predicted octanol–water partition coefficient (Wildman–Crippen LogP) is 3.79. The lowest BCUT2D eigenvalue weighted by Gasteiger charge is -2.26. The zero-order valence-electron chi connectivity index (χ0n) is 20.6. The van der Waals surface area contributed by atoms with Crippen LogP contribution in [0, 0.1) is 6.67 Å². The number of carbonyl (C=O) groups is 1. The first kappa shape index (κ1) is 26.4. The number of hydrogen-bond donors (Lipinski definition) is 2. The smallest absolute Gasteiger partial charge is 0.338 e. The number of carbonyl (C=O) groups excluding carboxylic acids is 1. The van der Waals surface area contributed by atoms with Gasteiger partial charge in [-0.25, -0.2) is 17.9 Å². The van der Waals surface area contributed by atoms with E-state index in [1.54, 1.807) is 0 Å². The molecule has 4 rings (SSSR count). The SMILES string of the molecule is CN1[CH]N(CCCOC(=O)c2ccc(S(=O)(=O)NC(c3ccccc3)C(N)c3ccccc3)cc2)C=C1. The molecular weight excluding hydrogens is 488 g/mol. The highest BCUT2D eigenvalue weighted by Gasteiger charge is 2.27. The zero-order chi connectivity index (χ0) is 26.3. The summed E-state index contributed by atoms with van der Waals surface area (Å²) in [5.74, 6) is -0.497. The van der Waals surface area contributed by atoms with Gasteiger partial charge in [0.1, 0.15) is 6.67 Å². The third-order valence-electron chi connectivity index (χ3n) is 6.00. The number of nitrogens with two attached hydrogens (primary N) is 1. The molecule has 0 spiro atoms. The Balaban J connectivity index is 1.40. The number of nitrogens with zero attached hydrogens (tertiary/aromatic N) is 2. The minimum absolute atomic E-state index is 0.0331. The maximum absolute atomic E-state index is 13.3. The van der Waals surface area contributed by atoms with E-state index in [9.17, 15) is 13.2 Å². The van der Waals surface area contributed by atoms with E-state index in [0.717, 1.165) is 17.7 Å². The van der Waals surface area contributed by atoms with Gasteiger partial charge in [-0.2, -0.15) is 0 Å². The average molecular weight is 520 g/mol. The van der Waals surface area contributed by atoms with Crippen molar-refractivity contribution < 1.29 is 17.9 Å². The van der Waals surface area contributed by atoms with Crippen molar-refractivity contribution >= 4 is 16.0 Å². The van der Waals surface area contributed by atoms with E-state index in [4.69, 9.17) is 10.5 Å². The van der Waals surface area contributed by atoms with Gasteiger partial charge < -0.3 is 20.3 Å². The highest BCUT2D eigenvalue weighted by Crippen LogP contribution is 2.28. The average Bonchev–Trinajstić information content (AvgIpc) is 3.35. The van der Waals surface area contributed by atoms with Gasteiger partial charge in [0.25, 0.3) is 0 Å². The minimum atomic E-state index is -3.94. The Labute approximate surface area is 218 Å². The van der Waals surface area contributed by atoms with Crippen LogP contribution in [0.15, 0.2) is 102 Å². The van der Waals surface area contributed by atoms with Crippen LogP contribution < -0.4 is 10.5 Å². The second kappa shape index (κ2) is 12.1. The first-order valence-electron chi connectivity index (χ1n) is 12.0. The molecule has 1 aliphatic rings. The van der Waals surface area contributed by atoms with Gasteiger partial charge in [-0.05, 0) is 41.8 Å². The molecule has 3 N–H and O–H groups in total. The Morgan fingerprint density at radius 3 is 2.14 bits per heavy atom. The summed E-state index contributed by atoms with van der Waals surface area (Å²) in [4.78, 5) is 16.4. The molecule has 2 unspecified atom stereocenters. The van der Waals surface area contributed by atoms with Crippen molar-refractivity contribution in [2.45, 2.75) is 23.4 Å². The van der Waals surface area contributed by atoms with E-state index < -0.39 is 28.1 Å². The summed E-state index contributed by atoms with van der Waals surface area (Å²) in [6.07, 6.45) is 4.55. The molecule has 1 aliphatic heterocycles. The fourth-order valence-corrected chi connectivity index (χ4v) is 5.26. The third-order valence-corrected chi connectivity index (χ3v) is 7.46. The highest BCUT2D eigenvalue weighted by molar-refractivity contribution is 7.89. The normalized spacial score (nSPS) is 15.0. The van der Waals surface area contributed by atoms with E-state index in [1.807, 2.05) is 96.6 Å². The molecule has 0 amide bonds. The molecule has 37 heavy (non-hydrogen) atoms. The van der Waals surface area contributed by atoms with Crippen LogP contribution in [-0.2, 0) is 14.8 Å². The monoisotopic (exact) mass is 519 g/mol. The standard InChI is InChI=1S/C28H31N4O4S/c1-31-18-19-32(21-31)17-8-20-36-28(33)24-13-15-25(16-14-24)37(34,35)30-27(23-11-6-3-7-12-23)26(29)22-9-4-2-5-10-22/h2-7,9-16,18-19,21,26-27,30H,8,17,20,29H2,1H3. The second-order valence-corrected chi connectivity index (χ2v) is 10.5. The number of esters is 1. The van der Waals surface area contributed by atoms with Crippen LogP contribution >= 0.6 is 0 Å². The molecule has 0 saturated heterocycles. The summed E-state index contributed by atoms with van der Waals surface area (Å²) >= 11 is 0. The van der Waals surface area contributed by atoms with Crippen LogP contribution in [0.2, 0.25) is 0 Å². The van der Waals surface area contributed by atoms with Crippen molar-refractivity contribution in [1.82, 2.24) is 14.5 Å². The number of rotatable bonds is 11. The summed E-state index contributed by atoms with van der Waals surface area (Å²) in [6, 6.07) is 23.0.